The number of thiophene rings is 1. The lowest BCUT2D eigenvalue weighted by Gasteiger charge is -2.06. The SMILES string of the molecule is COC(=O)[C@@H](C)CC(=O)c1cc2cc(O)c(OC)cc2s1. The molecule has 0 saturated carbocycles. The summed E-state index contributed by atoms with van der Waals surface area (Å²) in [5.41, 5.74) is 0. The van der Waals surface area contributed by atoms with Crippen LogP contribution in [0.1, 0.15) is 23.0 Å². The number of phenols is 1. The highest BCUT2D eigenvalue weighted by Crippen LogP contribution is 2.36. The van der Waals surface area contributed by atoms with Crippen LogP contribution in [0.4, 0.5) is 0 Å². The first-order valence-corrected chi connectivity index (χ1v) is 7.19. The first kappa shape index (κ1) is 15.3. The van der Waals surface area contributed by atoms with Gasteiger partial charge in [0.15, 0.2) is 17.3 Å². The molecule has 0 unspecified atom stereocenters. The number of Topliss-reactive ketones (excluding diaryl/α,β-unsaturated/α-hetero) is 1. The number of hydrogen-bond acceptors (Lipinski definition) is 6. The number of rotatable bonds is 5. The largest absolute Gasteiger partial charge is 0.504 e. The number of benzene rings is 1. The molecule has 5 nitrogen and oxygen atoms in total. The van der Waals surface area contributed by atoms with E-state index in [1.54, 1.807) is 25.1 Å². The fourth-order valence-electron chi connectivity index (χ4n) is 2.02. The molecule has 112 valence electrons. The summed E-state index contributed by atoms with van der Waals surface area (Å²) >= 11 is 1.31. The molecular weight excluding hydrogens is 292 g/mol. The molecule has 2 rings (SSSR count). The summed E-state index contributed by atoms with van der Waals surface area (Å²) < 4.78 is 10.5. The number of phenolic OH excluding ortho intramolecular Hbond substituents is 1. The van der Waals surface area contributed by atoms with Gasteiger partial charge in [0.25, 0.3) is 0 Å². The zero-order valence-electron chi connectivity index (χ0n) is 12.0. The van der Waals surface area contributed by atoms with Gasteiger partial charge in [0.2, 0.25) is 0 Å². The molecular formula is C15H16O5S. The van der Waals surface area contributed by atoms with E-state index >= 15 is 0 Å². The van der Waals surface area contributed by atoms with E-state index in [9.17, 15) is 14.7 Å². The predicted octanol–water partition coefficient (Wildman–Crippen LogP) is 3.00. The molecule has 1 aromatic carbocycles. The first-order valence-electron chi connectivity index (χ1n) is 6.37. The molecule has 0 fully saturated rings. The van der Waals surface area contributed by atoms with Crippen LogP contribution in [0, 0.1) is 5.92 Å². The van der Waals surface area contributed by atoms with Gasteiger partial charge in [-0.2, -0.15) is 0 Å². The average Bonchev–Trinajstić information content (AvgIpc) is 2.87. The van der Waals surface area contributed by atoms with Gasteiger partial charge in [0, 0.05) is 17.2 Å². The molecule has 6 heteroatoms. The third-order valence-corrected chi connectivity index (χ3v) is 4.33. The predicted molar refractivity (Wildman–Crippen MR) is 80.2 cm³/mol. The maximum absolute atomic E-state index is 12.2. The van der Waals surface area contributed by atoms with Crippen LogP contribution in [0.25, 0.3) is 10.1 Å². The molecule has 0 aliphatic heterocycles. The minimum absolute atomic E-state index is 0.0322. The molecule has 0 aliphatic carbocycles. The number of carbonyl (C=O) groups is 2. The van der Waals surface area contributed by atoms with Crippen molar-refractivity contribution < 1.29 is 24.2 Å². The van der Waals surface area contributed by atoms with Crippen molar-refractivity contribution in [1.29, 1.82) is 0 Å². The van der Waals surface area contributed by atoms with Crippen molar-refractivity contribution in [3.05, 3.63) is 23.1 Å². The van der Waals surface area contributed by atoms with Crippen molar-refractivity contribution >= 4 is 33.2 Å². The Kier molecular flexibility index (Phi) is 4.47. The number of fused-ring (bicyclic) bond motifs is 1. The van der Waals surface area contributed by atoms with Gasteiger partial charge < -0.3 is 14.6 Å². The molecule has 21 heavy (non-hydrogen) atoms. The van der Waals surface area contributed by atoms with Crippen LogP contribution in [0.15, 0.2) is 18.2 Å². The van der Waals surface area contributed by atoms with E-state index < -0.39 is 11.9 Å². The van der Waals surface area contributed by atoms with Gasteiger partial charge in [-0.05, 0) is 17.5 Å². The molecule has 0 bridgehead atoms. The third kappa shape index (κ3) is 3.16. The van der Waals surface area contributed by atoms with E-state index in [-0.39, 0.29) is 18.0 Å². The van der Waals surface area contributed by atoms with Crippen molar-refractivity contribution in [2.45, 2.75) is 13.3 Å². The highest BCUT2D eigenvalue weighted by atomic mass is 32.1. The Balaban J connectivity index is 2.26. The van der Waals surface area contributed by atoms with E-state index in [1.807, 2.05) is 0 Å². The molecule has 0 amide bonds. The van der Waals surface area contributed by atoms with Crippen LogP contribution >= 0.6 is 11.3 Å². The number of hydrogen-bond donors (Lipinski definition) is 1. The minimum atomic E-state index is -0.476. The van der Waals surface area contributed by atoms with Crippen LogP contribution in [0.5, 0.6) is 11.5 Å². The molecule has 1 heterocycles. The number of methoxy groups -OCH3 is 2. The minimum Gasteiger partial charge on any atom is -0.504 e. The zero-order chi connectivity index (χ0) is 15.6. The maximum Gasteiger partial charge on any atom is 0.308 e. The Morgan fingerprint density at radius 3 is 2.62 bits per heavy atom. The maximum atomic E-state index is 12.2. The molecule has 0 aliphatic rings. The summed E-state index contributed by atoms with van der Waals surface area (Å²) in [6.45, 7) is 1.66. The number of aromatic hydroxyl groups is 1. The Hall–Kier alpha value is -2.08. The summed E-state index contributed by atoms with van der Waals surface area (Å²) in [7, 11) is 2.77. The molecule has 1 N–H and O–H groups in total. The number of esters is 1. The lowest BCUT2D eigenvalue weighted by atomic mass is 10.0. The van der Waals surface area contributed by atoms with Crippen molar-refractivity contribution in [1.82, 2.24) is 0 Å². The van der Waals surface area contributed by atoms with E-state index in [2.05, 4.69) is 4.74 Å². The van der Waals surface area contributed by atoms with Crippen molar-refractivity contribution in [2.24, 2.45) is 5.92 Å². The summed E-state index contributed by atoms with van der Waals surface area (Å²) in [6, 6.07) is 4.96. The Morgan fingerprint density at radius 2 is 2.00 bits per heavy atom. The Labute approximate surface area is 126 Å². The fraction of sp³-hybridized carbons (Fsp3) is 0.333. The average molecular weight is 308 g/mol. The normalized spacial score (nSPS) is 12.1. The van der Waals surface area contributed by atoms with Crippen LogP contribution in [0.3, 0.4) is 0 Å². The summed E-state index contributed by atoms with van der Waals surface area (Å²) in [6.07, 6.45) is 0.0998. The Morgan fingerprint density at radius 1 is 1.29 bits per heavy atom. The topological polar surface area (TPSA) is 72.8 Å². The van der Waals surface area contributed by atoms with Crippen molar-refractivity contribution in [2.75, 3.05) is 14.2 Å². The zero-order valence-corrected chi connectivity index (χ0v) is 12.8. The molecule has 2 aromatic rings. The molecule has 0 spiro atoms. The second kappa shape index (κ2) is 6.13. The van der Waals surface area contributed by atoms with Gasteiger partial charge in [0.05, 0.1) is 25.0 Å². The number of carbonyl (C=O) groups excluding carboxylic acids is 2. The second-order valence-electron chi connectivity index (χ2n) is 4.72. The first-order chi connectivity index (χ1) is 9.96. The van der Waals surface area contributed by atoms with Gasteiger partial charge in [0.1, 0.15) is 0 Å². The van der Waals surface area contributed by atoms with E-state index in [1.165, 1.54) is 25.6 Å². The van der Waals surface area contributed by atoms with Crippen LogP contribution < -0.4 is 4.74 Å². The summed E-state index contributed by atoms with van der Waals surface area (Å²) in [5.74, 6) is -0.594. The fourth-order valence-corrected chi connectivity index (χ4v) is 3.04. The number of ketones is 1. The van der Waals surface area contributed by atoms with Gasteiger partial charge in [-0.3, -0.25) is 9.59 Å². The van der Waals surface area contributed by atoms with E-state index in [4.69, 9.17) is 4.74 Å². The van der Waals surface area contributed by atoms with Crippen LogP contribution in [0.2, 0.25) is 0 Å². The van der Waals surface area contributed by atoms with Gasteiger partial charge in [-0.15, -0.1) is 11.3 Å². The second-order valence-corrected chi connectivity index (χ2v) is 5.81. The van der Waals surface area contributed by atoms with Gasteiger partial charge in [-0.1, -0.05) is 6.92 Å². The molecule has 1 aromatic heterocycles. The molecule has 0 radical (unpaired) electrons. The molecule has 1 atom stereocenters. The Bertz CT molecular complexity index is 689. The third-order valence-electron chi connectivity index (χ3n) is 3.19. The van der Waals surface area contributed by atoms with Gasteiger partial charge in [-0.25, -0.2) is 0 Å². The van der Waals surface area contributed by atoms with Crippen LogP contribution in [-0.4, -0.2) is 31.1 Å². The monoisotopic (exact) mass is 308 g/mol. The van der Waals surface area contributed by atoms with Crippen molar-refractivity contribution in [3.63, 3.8) is 0 Å². The lowest BCUT2D eigenvalue weighted by Crippen LogP contribution is -2.16. The smallest absolute Gasteiger partial charge is 0.308 e. The van der Waals surface area contributed by atoms with E-state index in [0.717, 1.165) is 10.1 Å². The standard InChI is InChI=1S/C15H16O5S/c1-8(15(18)20-3)4-11(17)14-6-9-5-10(16)12(19-2)7-13(9)21-14/h5-8,16H,4H2,1-3H3/t8-/m0/s1. The highest BCUT2D eigenvalue weighted by molar-refractivity contribution is 7.20. The van der Waals surface area contributed by atoms with Crippen LogP contribution in [-0.2, 0) is 9.53 Å². The van der Waals surface area contributed by atoms with Gasteiger partial charge >= 0.3 is 5.97 Å². The van der Waals surface area contributed by atoms with E-state index in [0.29, 0.717) is 10.6 Å². The lowest BCUT2D eigenvalue weighted by molar-refractivity contribution is -0.144. The quantitative estimate of drug-likeness (QED) is 0.679. The number of ether oxygens (including phenoxy) is 2. The van der Waals surface area contributed by atoms with Crippen molar-refractivity contribution in [3.8, 4) is 11.5 Å². The summed E-state index contributed by atoms with van der Waals surface area (Å²) in [4.78, 5) is 24.1. The highest BCUT2D eigenvalue weighted by Gasteiger charge is 2.20. The molecule has 0 saturated heterocycles. The summed E-state index contributed by atoms with van der Waals surface area (Å²) in [5, 5.41) is 10.5.